The molecule has 0 aliphatic heterocycles. The molecule has 22 heavy (non-hydrogen) atoms. The van der Waals surface area contributed by atoms with Crippen LogP contribution >= 0.6 is 0 Å². The normalized spacial score (nSPS) is 10.2. The lowest BCUT2D eigenvalue weighted by atomic mass is 10.0. The zero-order valence-corrected chi connectivity index (χ0v) is 12.5. The third kappa shape index (κ3) is 4.48. The van der Waals surface area contributed by atoms with Gasteiger partial charge in [-0.3, -0.25) is 0 Å². The lowest BCUT2D eigenvalue weighted by Gasteiger charge is -2.11. The van der Waals surface area contributed by atoms with Crippen LogP contribution in [0.2, 0.25) is 0 Å². The highest BCUT2D eigenvalue weighted by atomic mass is 16.5. The number of rotatable bonds is 8. The Bertz CT molecular complexity index is 632. The Morgan fingerprint density at radius 2 is 1.68 bits per heavy atom. The maximum Gasteiger partial charge on any atom is 0.330 e. The van der Waals surface area contributed by atoms with Crippen LogP contribution in [0.4, 0.5) is 0 Å². The minimum atomic E-state index is -0.921. The van der Waals surface area contributed by atoms with Crippen LogP contribution < -0.4 is 4.74 Å². The molecule has 0 aromatic heterocycles. The Hall–Kier alpha value is -2.55. The van der Waals surface area contributed by atoms with Crippen molar-refractivity contribution in [3.63, 3.8) is 0 Å². The number of unbranched alkanes of at least 4 members (excludes halogenated alkanes) is 1. The summed E-state index contributed by atoms with van der Waals surface area (Å²) in [5, 5.41) is 8.75. The Morgan fingerprint density at radius 3 is 2.41 bits per heavy atom. The zero-order valence-electron chi connectivity index (χ0n) is 12.5. The van der Waals surface area contributed by atoms with Crippen LogP contribution in [-0.2, 0) is 4.79 Å². The molecule has 2 aromatic rings. The minimum Gasteiger partial charge on any atom is -0.493 e. The zero-order chi connectivity index (χ0) is 15.8. The van der Waals surface area contributed by atoms with E-state index in [1.54, 1.807) is 0 Å². The summed E-state index contributed by atoms with van der Waals surface area (Å²) >= 11 is 0. The van der Waals surface area contributed by atoms with Gasteiger partial charge in [-0.2, -0.15) is 0 Å². The van der Waals surface area contributed by atoms with Crippen molar-refractivity contribution < 1.29 is 14.6 Å². The second-order valence-corrected chi connectivity index (χ2v) is 5.08. The maximum absolute atomic E-state index is 10.7. The molecule has 0 atom stereocenters. The van der Waals surface area contributed by atoms with E-state index in [-0.39, 0.29) is 5.57 Å². The molecule has 0 saturated heterocycles. The largest absolute Gasteiger partial charge is 0.493 e. The van der Waals surface area contributed by atoms with Gasteiger partial charge in [0.1, 0.15) is 5.75 Å². The van der Waals surface area contributed by atoms with E-state index in [1.165, 1.54) is 0 Å². The van der Waals surface area contributed by atoms with E-state index in [0.29, 0.717) is 13.0 Å². The summed E-state index contributed by atoms with van der Waals surface area (Å²) < 4.78 is 5.86. The first-order valence-corrected chi connectivity index (χ1v) is 7.37. The van der Waals surface area contributed by atoms with Crippen LogP contribution in [0.5, 0.6) is 5.75 Å². The number of ether oxygens (including phenoxy) is 1. The molecule has 2 rings (SSSR count). The predicted molar refractivity (Wildman–Crippen MR) is 88.0 cm³/mol. The number of para-hydroxylation sites is 1. The van der Waals surface area contributed by atoms with E-state index >= 15 is 0 Å². The third-order valence-corrected chi connectivity index (χ3v) is 3.40. The van der Waals surface area contributed by atoms with E-state index in [1.807, 2.05) is 42.5 Å². The lowest BCUT2D eigenvalue weighted by molar-refractivity contribution is -0.132. The molecule has 3 nitrogen and oxygen atoms in total. The summed E-state index contributed by atoms with van der Waals surface area (Å²) in [4.78, 5) is 10.7. The molecule has 0 amide bonds. The van der Waals surface area contributed by atoms with Crippen molar-refractivity contribution in [3.8, 4) is 16.9 Å². The summed E-state index contributed by atoms with van der Waals surface area (Å²) in [5.74, 6) is -0.0684. The number of hydrogen-bond donors (Lipinski definition) is 1. The van der Waals surface area contributed by atoms with Crippen molar-refractivity contribution in [2.45, 2.75) is 19.3 Å². The highest BCUT2D eigenvalue weighted by Gasteiger charge is 2.06. The molecule has 0 unspecified atom stereocenters. The van der Waals surface area contributed by atoms with Crippen molar-refractivity contribution in [1.29, 1.82) is 0 Å². The van der Waals surface area contributed by atoms with Crippen LogP contribution in [0.3, 0.4) is 0 Å². The fraction of sp³-hybridized carbons (Fsp3) is 0.211. The number of hydrogen-bond acceptors (Lipinski definition) is 2. The van der Waals surface area contributed by atoms with Crippen LogP contribution in [0.1, 0.15) is 19.3 Å². The quantitative estimate of drug-likeness (QED) is 0.574. The molecule has 1 N–H and O–H groups in total. The molecule has 2 aromatic carbocycles. The van der Waals surface area contributed by atoms with Gasteiger partial charge in [0.25, 0.3) is 0 Å². The molecule has 0 bridgehead atoms. The molecule has 0 aliphatic carbocycles. The van der Waals surface area contributed by atoms with E-state index in [9.17, 15) is 4.79 Å². The second kappa shape index (κ2) is 8.03. The first kappa shape index (κ1) is 15.8. The van der Waals surface area contributed by atoms with Crippen molar-refractivity contribution >= 4 is 5.97 Å². The summed E-state index contributed by atoms with van der Waals surface area (Å²) in [6, 6.07) is 18.0. The van der Waals surface area contributed by atoms with Gasteiger partial charge in [0.2, 0.25) is 0 Å². The molecule has 0 aliphatic rings. The number of benzene rings is 2. The van der Waals surface area contributed by atoms with Gasteiger partial charge in [-0.15, -0.1) is 0 Å². The second-order valence-electron chi connectivity index (χ2n) is 5.08. The maximum atomic E-state index is 10.7. The van der Waals surface area contributed by atoms with Crippen LogP contribution in [0, 0.1) is 0 Å². The average Bonchev–Trinajstić information content (AvgIpc) is 2.55. The number of carboxylic acid groups (broad SMARTS) is 1. The van der Waals surface area contributed by atoms with Crippen molar-refractivity contribution in [3.05, 3.63) is 66.7 Å². The number of carboxylic acids is 1. The van der Waals surface area contributed by atoms with Gasteiger partial charge in [0, 0.05) is 11.1 Å². The number of aliphatic carboxylic acids is 1. The highest BCUT2D eigenvalue weighted by molar-refractivity contribution is 5.85. The SMILES string of the molecule is C=C(CCCCOc1ccccc1-c1ccccc1)C(=O)O. The van der Waals surface area contributed by atoms with Gasteiger partial charge >= 0.3 is 5.97 Å². The Labute approximate surface area is 130 Å². The first-order chi connectivity index (χ1) is 10.7. The summed E-state index contributed by atoms with van der Waals surface area (Å²) in [5.41, 5.74) is 2.44. The van der Waals surface area contributed by atoms with Crippen LogP contribution in [0.15, 0.2) is 66.7 Å². The first-order valence-electron chi connectivity index (χ1n) is 7.37. The average molecular weight is 296 g/mol. The van der Waals surface area contributed by atoms with E-state index in [0.717, 1.165) is 29.7 Å². The van der Waals surface area contributed by atoms with Gasteiger partial charge in [0.05, 0.1) is 6.61 Å². The smallest absolute Gasteiger partial charge is 0.330 e. The third-order valence-electron chi connectivity index (χ3n) is 3.40. The topological polar surface area (TPSA) is 46.5 Å². The van der Waals surface area contributed by atoms with Gasteiger partial charge in [-0.25, -0.2) is 4.79 Å². The molecular weight excluding hydrogens is 276 g/mol. The van der Waals surface area contributed by atoms with Gasteiger partial charge in [-0.1, -0.05) is 55.1 Å². The summed E-state index contributed by atoms with van der Waals surface area (Å²) in [6.45, 7) is 4.09. The van der Waals surface area contributed by atoms with Crippen LogP contribution in [-0.4, -0.2) is 17.7 Å². The van der Waals surface area contributed by atoms with Gasteiger partial charge in [0.15, 0.2) is 0 Å². The molecular formula is C19H20O3. The molecule has 0 heterocycles. The molecule has 0 saturated carbocycles. The standard InChI is InChI=1S/C19H20O3/c1-15(19(20)21)9-7-8-14-22-18-13-6-5-12-17(18)16-10-3-2-4-11-16/h2-6,10-13H,1,7-9,14H2,(H,20,21). The van der Waals surface area contributed by atoms with Crippen molar-refractivity contribution in [2.75, 3.05) is 6.61 Å². The van der Waals surface area contributed by atoms with Crippen LogP contribution in [0.25, 0.3) is 11.1 Å². The molecule has 0 radical (unpaired) electrons. The monoisotopic (exact) mass is 296 g/mol. The van der Waals surface area contributed by atoms with Gasteiger partial charge in [-0.05, 0) is 30.9 Å². The summed E-state index contributed by atoms with van der Waals surface area (Å²) in [7, 11) is 0. The Morgan fingerprint density at radius 1 is 1.00 bits per heavy atom. The van der Waals surface area contributed by atoms with Crippen molar-refractivity contribution in [1.82, 2.24) is 0 Å². The minimum absolute atomic E-state index is 0.254. The highest BCUT2D eigenvalue weighted by Crippen LogP contribution is 2.29. The Kier molecular flexibility index (Phi) is 5.78. The Balaban J connectivity index is 1.89. The predicted octanol–water partition coefficient (Wildman–Crippen LogP) is 4.54. The van der Waals surface area contributed by atoms with E-state index in [2.05, 4.69) is 18.7 Å². The van der Waals surface area contributed by atoms with E-state index < -0.39 is 5.97 Å². The molecule has 3 heteroatoms. The van der Waals surface area contributed by atoms with Gasteiger partial charge < -0.3 is 9.84 Å². The molecule has 0 spiro atoms. The number of carbonyl (C=O) groups is 1. The molecule has 114 valence electrons. The fourth-order valence-corrected chi connectivity index (χ4v) is 2.18. The lowest BCUT2D eigenvalue weighted by Crippen LogP contribution is -2.02. The summed E-state index contributed by atoms with van der Waals surface area (Å²) in [6.07, 6.45) is 2.06. The van der Waals surface area contributed by atoms with E-state index in [4.69, 9.17) is 9.84 Å². The fourth-order valence-electron chi connectivity index (χ4n) is 2.18. The molecule has 0 fully saturated rings. The van der Waals surface area contributed by atoms with Crippen molar-refractivity contribution in [2.24, 2.45) is 0 Å².